The molecule has 2 aromatic rings. The molecule has 7 nitrogen and oxygen atoms in total. The number of rotatable bonds is 5. The zero-order valence-electron chi connectivity index (χ0n) is 10.1. The first-order valence-corrected chi connectivity index (χ1v) is 5.40. The number of benzene rings is 1. The molecule has 0 saturated heterocycles. The van der Waals surface area contributed by atoms with E-state index >= 15 is 0 Å². The van der Waals surface area contributed by atoms with E-state index in [2.05, 4.69) is 10.1 Å². The van der Waals surface area contributed by atoms with Crippen molar-refractivity contribution in [2.45, 2.75) is 6.42 Å². The molecule has 0 saturated carbocycles. The van der Waals surface area contributed by atoms with Gasteiger partial charge in [0.25, 0.3) is 0 Å². The van der Waals surface area contributed by atoms with E-state index in [0.717, 1.165) is 0 Å². The third-order valence-electron chi connectivity index (χ3n) is 2.35. The van der Waals surface area contributed by atoms with Gasteiger partial charge in [0.15, 0.2) is 0 Å². The summed E-state index contributed by atoms with van der Waals surface area (Å²) in [5.74, 6) is -0.459. The molecule has 0 bridgehead atoms. The predicted molar refractivity (Wildman–Crippen MR) is 63.6 cm³/mol. The van der Waals surface area contributed by atoms with Crippen LogP contribution in [0.25, 0.3) is 0 Å². The van der Waals surface area contributed by atoms with Crippen molar-refractivity contribution in [2.24, 2.45) is 5.73 Å². The number of carbonyl (C=O) groups is 2. The van der Waals surface area contributed by atoms with Crippen molar-refractivity contribution in [2.75, 3.05) is 7.11 Å². The van der Waals surface area contributed by atoms with Crippen LogP contribution in [0, 0.1) is 0 Å². The first kappa shape index (κ1) is 12.7. The van der Waals surface area contributed by atoms with E-state index in [9.17, 15) is 9.59 Å². The van der Waals surface area contributed by atoms with Crippen molar-refractivity contribution in [3.8, 4) is 5.75 Å². The number of carbonyl (C=O) groups excluding carboxylic acids is 2. The molecule has 0 spiro atoms. The Hall–Kier alpha value is -2.70. The van der Waals surface area contributed by atoms with Gasteiger partial charge < -0.3 is 15.0 Å². The maximum atomic E-state index is 12.0. The van der Waals surface area contributed by atoms with Crippen molar-refractivity contribution in [1.82, 2.24) is 10.1 Å². The Bertz CT molecular complexity index is 604. The fourth-order valence-corrected chi connectivity index (χ4v) is 1.44. The third kappa shape index (κ3) is 2.95. The molecule has 1 aromatic heterocycles. The van der Waals surface area contributed by atoms with Crippen molar-refractivity contribution >= 4 is 11.7 Å². The standard InChI is InChI=1S/C12H11N3O4/c1-18-8-4-2-7(3-5-8)11(17)12-14-10(19-15-12)6-9(13)16/h2-5H,6H2,1H3,(H2,13,16). The lowest BCUT2D eigenvalue weighted by atomic mass is 10.1. The van der Waals surface area contributed by atoms with Crippen molar-refractivity contribution in [1.29, 1.82) is 0 Å². The van der Waals surface area contributed by atoms with Crippen LogP contribution in [-0.4, -0.2) is 28.9 Å². The van der Waals surface area contributed by atoms with E-state index < -0.39 is 11.7 Å². The average molecular weight is 261 g/mol. The molecule has 0 atom stereocenters. The van der Waals surface area contributed by atoms with Gasteiger partial charge in [-0.2, -0.15) is 4.98 Å². The molecule has 0 fully saturated rings. The predicted octanol–water partition coefficient (Wildman–Crippen LogP) is 0.337. The van der Waals surface area contributed by atoms with Crippen molar-refractivity contribution in [3.05, 3.63) is 41.5 Å². The van der Waals surface area contributed by atoms with E-state index in [1.54, 1.807) is 24.3 Å². The van der Waals surface area contributed by atoms with Crippen LogP contribution in [0.15, 0.2) is 28.8 Å². The lowest BCUT2D eigenvalue weighted by Crippen LogP contribution is -2.14. The molecule has 98 valence electrons. The summed E-state index contributed by atoms with van der Waals surface area (Å²) in [6, 6.07) is 6.48. The monoisotopic (exact) mass is 261 g/mol. The number of ketones is 1. The lowest BCUT2D eigenvalue weighted by Gasteiger charge is -1.99. The quantitative estimate of drug-likeness (QED) is 0.777. The van der Waals surface area contributed by atoms with E-state index in [4.69, 9.17) is 15.0 Å². The van der Waals surface area contributed by atoms with Crippen LogP contribution in [0.3, 0.4) is 0 Å². The van der Waals surface area contributed by atoms with Crippen LogP contribution in [-0.2, 0) is 11.2 Å². The number of hydrogen-bond donors (Lipinski definition) is 1. The van der Waals surface area contributed by atoms with Gasteiger partial charge in [0, 0.05) is 5.56 Å². The largest absolute Gasteiger partial charge is 0.497 e. The van der Waals surface area contributed by atoms with Gasteiger partial charge in [-0.15, -0.1) is 0 Å². The number of primary amides is 1. The molecular weight excluding hydrogens is 250 g/mol. The minimum absolute atomic E-state index is 0.0179. The summed E-state index contributed by atoms with van der Waals surface area (Å²) in [5.41, 5.74) is 5.38. The maximum absolute atomic E-state index is 12.0. The number of aromatic nitrogens is 2. The number of nitrogens with two attached hydrogens (primary N) is 1. The average Bonchev–Trinajstić information content (AvgIpc) is 2.85. The second kappa shape index (κ2) is 5.30. The number of amides is 1. The van der Waals surface area contributed by atoms with Crippen molar-refractivity contribution in [3.63, 3.8) is 0 Å². The Balaban J connectivity index is 2.18. The van der Waals surface area contributed by atoms with Crippen LogP contribution in [0.2, 0.25) is 0 Å². The zero-order chi connectivity index (χ0) is 13.8. The fourth-order valence-electron chi connectivity index (χ4n) is 1.44. The van der Waals surface area contributed by atoms with Gasteiger partial charge in [0.2, 0.25) is 23.4 Å². The highest BCUT2D eigenvalue weighted by atomic mass is 16.5. The Labute approximate surface area is 108 Å². The van der Waals surface area contributed by atoms with Crippen molar-refractivity contribution < 1.29 is 18.8 Å². The van der Waals surface area contributed by atoms with Crippen LogP contribution >= 0.6 is 0 Å². The summed E-state index contributed by atoms with van der Waals surface area (Å²) in [6.07, 6.45) is -0.192. The fraction of sp³-hybridized carbons (Fsp3) is 0.167. The highest BCUT2D eigenvalue weighted by molar-refractivity contribution is 6.06. The normalized spacial score (nSPS) is 10.2. The number of ether oxygens (including phenoxy) is 1. The molecule has 1 heterocycles. The molecule has 2 N–H and O–H groups in total. The number of hydrogen-bond acceptors (Lipinski definition) is 6. The van der Waals surface area contributed by atoms with Gasteiger partial charge in [0.05, 0.1) is 7.11 Å². The lowest BCUT2D eigenvalue weighted by molar-refractivity contribution is -0.117. The summed E-state index contributed by atoms with van der Waals surface area (Å²) < 4.78 is 9.75. The van der Waals surface area contributed by atoms with Gasteiger partial charge in [-0.1, -0.05) is 5.16 Å². The zero-order valence-corrected chi connectivity index (χ0v) is 10.1. The van der Waals surface area contributed by atoms with Crippen LogP contribution in [0.1, 0.15) is 22.1 Å². The second-order valence-electron chi connectivity index (χ2n) is 3.71. The summed E-state index contributed by atoms with van der Waals surface area (Å²) in [5, 5.41) is 3.51. The molecule has 2 rings (SSSR count). The van der Waals surface area contributed by atoms with Crippen LogP contribution < -0.4 is 10.5 Å². The second-order valence-corrected chi connectivity index (χ2v) is 3.71. The number of nitrogens with zero attached hydrogens (tertiary/aromatic N) is 2. The summed E-state index contributed by atoms with van der Waals surface area (Å²) in [6.45, 7) is 0. The first-order chi connectivity index (χ1) is 9.10. The van der Waals surface area contributed by atoms with Gasteiger partial charge in [-0.25, -0.2) is 0 Å². The van der Waals surface area contributed by atoms with E-state index in [0.29, 0.717) is 11.3 Å². The summed E-state index contributed by atoms with van der Waals surface area (Å²) >= 11 is 0. The van der Waals surface area contributed by atoms with E-state index in [-0.39, 0.29) is 18.1 Å². The SMILES string of the molecule is COc1ccc(C(=O)c2noc(CC(N)=O)n2)cc1. The Morgan fingerprint density at radius 2 is 2.00 bits per heavy atom. The summed E-state index contributed by atoms with van der Waals surface area (Å²) in [7, 11) is 1.53. The molecule has 0 aliphatic rings. The molecule has 0 aliphatic heterocycles. The van der Waals surface area contributed by atoms with E-state index in [1.807, 2.05) is 0 Å². The molecule has 1 amide bonds. The van der Waals surface area contributed by atoms with Gasteiger partial charge in [-0.3, -0.25) is 9.59 Å². The van der Waals surface area contributed by atoms with Gasteiger partial charge in [-0.05, 0) is 24.3 Å². The van der Waals surface area contributed by atoms with Gasteiger partial charge >= 0.3 is 0 Å². The highest BCUT2D eigenvalue weighted by Crippen LogP contribution is 2.13. The first-order valence-electron chi connectivity index (χ1n) is 5.40. The highest BCUT2D eigenvalue weighted by Gasteiger charge is 2.17. The van der Waals surface area contributed by atoms with Crippen LogP contribution in [0.4, 0.5) is 0 Å². The smallest absolute Gasteiger partial charge is 0.243 e. The number of methoxy groups -OCH3 is 1. The Kier molecular flexibility index (Phi) is 3.56. The summed E-state index contributed by atoms with van der Waals surface area (Å²) in [4.78, 5) is 26.5. The molecule has 0 aliphatic carbocycles. The Morgan fingerprint density at radius 1 is 1.32 bits per heavy atom. The minimum Gasteiger partial charge on any atom is -0.497 e. The molecule has 0 unspecified atom stereocenters. The van der Waals surface area contributed by atoms with E-state index in [1.165, 1.54) is 7.11 Å². The molecule has 7 heteroatoms. The van der Waals surface area contributed by atoms with Gasteiger partial charge in [0.1, 0.15) is 12.2 Å². The topological polar surface area (TPSA) is 108 Å². The third-order valence-corrected chi connectivity index (χ3v) is 2.35. The molecule has 19 heavy (non-hydrogen) atoms. The molecular formula is C12H11N3O4. The van der Waals surface area contributed by atoms with Crippen LogP contribution in [0.5, 0.6) is 5.75 Å². The Morgan fingerprint density at radius 3 is 2.58 bits per heavy atom. The minimum atomic E-state index is -0.605. The molecule has 0 radical (unpaired) electrons. The molecule has 1 aromatic carbocycles. The maximum Gasteiger partial charge on any atom is 0.243 e.